The molecule has 54 heavy (non-hydrogen) atoms. The quantitative estimate of drug-likeness (QED) is 0.168. The summed E-state index contributed by atoms with van der Waals surface area (Å²) in [4.78, 5) is 2.37. The lowest BCUT2D eigenvalue weighted by Crippen LogP contribution is -2.10. The third kappa shape index (κ3) is 4.88. The van der Waals surface area contributed by atoms with Gasteiger partial charge in [-0.1, -0.05) is 152 Å². The van der Waals surface area contributed by atoms with Crippen molar-refractivity contribution < 1.29 is 4.42 Å². The highest BCUT2D eigenvalue weighted by atomic mass is 16.3. The molecule has 0 bridgehead atoms. The fourth-order valence-electron chi connectivity index (χ4n) is 8.40. The lowest BCUT2D eigenvalue weighted by atomic mass is 9.94. The molecule has 0 atom stereocenters. The summed E-state index contributed by atoms with van der Waals surface area (Å²) in [6.07, 6.45) is 0. The zero-order valence-corrected chi connectivity index (χ0v) is 29.4. The lowest BCUT2D eigenvalue weighted by molar-refractivity contribution is 0.672. The molecular formula is C52H33NO. The topological polar surface area (TPSA) is 16.4 Å². The Hall–Kier alpha value is -7.16. The van der Waals surface area contributed by atoms with Gasteiger partial charge >= 0.3 is 0 Å². The second-order valence-corrected chi connectivity index (χ2v) is 14.1. The van der Waals surface area contributed by atoms with Crippen LogP contribution in [0, 0.1) is 0 Å². The molecule has 252 valence electrons. The lowest BCUT2D eigenvalue weighted by Gasteiger charge is -2.27. The van der Waals surface area contributed by atoms with Gasteiger partial charge in [-0.05, 0) is 103 Å². The molecule has 0 saturated heterocycles. The van der Waals surface area contributed by atoms with Gasteiger partial charge < -0.3 is 9.32 Å². The molecule has 11 aromatic rings. The Morgan fingerprint density at radius 1 is 0.315 bits per heavy atom. The Morgan fingerprint density at radius 2 is 0.852 bits per heavy atom. The number of fused-ring (bicyclic) bond motifs is 10. The van der Waals surface area contributed by atoms with Crippen molar-refractivity contribution in [2.45, 2.75) is 0 Å². The molecule has 10 aromatic carbocycles. The summed E-state index contributed by atoms with van der Waals surface area (Å²) >= 11 is 0. The van der Waals surface area contributed by atoms with E-state index in [-0.39, 0.29) is 0 Å². The van der Waals surface area contributed by atoms with Crippen molar-refractivity contribution in [2.75, 3.05) is 4.90 Å². The highest BCUT2D eigenvalue weighted by Gasteiger charge is 2.19. The van der Waals surface area contributed by atoms with Gasteiger partial charge in [0.2, 0.25) is 0 Å². The Morgan fingerprint density at radius 3 is 1.65 bits per heavy atom. The summed E-state index contributed by atoms with van der Waals surface area (Å²) < 4.78 is 6.50. The maximum atomic E-state index is 6.50. The second kappa shape index (κ2) is 12.2. The number of anilines is 3. The molecule has 0 N–H and O–H groups in total. The molecule has 0 saturated carbocycles. The maximum Gasteiger partial charge on any atom is 0.143 e. The van der Waals surface area contributed by atoms with E-state index >= 15 is 0 Å². The Labute approximate surface area is 312 Å². The van der Waals surface area contributed by atoms with Gasteiger partial charge in [0.1, 0.15) is 11.2 Å². The molecule has 2 heteroatoms. The van der Waals surface area contributed by atoms with E-state index < -0.39 is 0 Å². The Balaban J connectivity index is 1.04. The van der Waals surface area contributed by atoms with E-state index in [9.17, 15) is 0 Å². The third-order valence-corrected chi connectivity index (χ3v) is 11.0. The van der Waals surface area contributed by atoms with Crippen LogP contribution in [0.2, 0.25) is 0 Å². The number of hydrogen-bond donors (Lipinski definition) is 0. The van der Waals surface area contributed by atoms with E-state index in [2.05, 4.69) is 193 Å². The van der Waals surface area contributed by atoms with Gasteiger partial charge in [0.25, 0.3) is 0 Å². The van der Waals surface area contributed by atoms with E-state index in [1.54, 1.807) is 0 Å². The van der Waals surface area contributed by atoms with Gasteiger partial charge in [-0.2, -0.15) is 0 Å². The van der Waals surface area contributed by atoms with Crippen LogP contribution in [0.1, 0.15) is 0 Å². The van der Waals surface area contributed by atoms with Gasteiger partial charge in [0, 0.05) is 32.9 Å². The van der Waals surface area contributed by atoms with Crippen LogP contribution >= 0.6 is 0 Å². The standard InChI is InChI=1S/C52H33NO/c1-2-9-34(10-3-1)35-21-26-41(27-22-35)53(49-15-8-14-47-45(49)31-32-48-46-13-6-7-16-50(46)54-52(47)48)42-28-23-36(24-29-42)39-25-30-44-40(33-39)20-19-38-18-17-37-11-4-5-12-43(37)51(38)44/h1-33H. The molecule has 0 aliphatic heterocycles. The van der Waals surface area contributed by atoms with Crippen LogP contribution in [0.4, 0.5) is 17.1 Å². The molecule has 1 aromatic heterocycles. The summed E-state index contributed by atoms with van der Waals surface area (Å²) in [6, 6.07) is 72.3. The highest BCUT2D eigenvalue weighted by molar-refractivity contribution is 6.21. The second-order valence-electron chi connectivity index (χ2n) is 14.1. The summed E-state index contributed by atoms with van der Waals surface area (Å²) in [6.45, 7) is 0. The summed E-state index contributed by atoms with van der Waals surface area (Å²) in [5.41, 5.74) is 9.87. The summed E-state index contributed by atoms with van der Waals surface area (Å²) in [5.74, 6) is 0. The van der Waals surface area contributed by atoms with E-state index in [0.29, 0.717) is 0 Å². The largest absolute Gasteiger partial charge is 0.455 e. The van der Waals surface area contributed by atoms with E-state index in [4.69, 9.17) is 4.42 Å². The van der Waals surface area contributed by atoms with Crippen LogP contribution in [0.15, 0.2) is 205 Å². The van der Waals surface area contributed by atoms with Crippen LogP contribution in [0.25, 0.3) is 87.3 Å². The zero-order valence-electron chi connectivity index (χ0n) is 29.4. The third-order valence-electron chi connectivity index (χ3n) is 11.0. The van der Waals surface area contributed by atoms with Crippen molar-refractivity contribution in [3.8, 4) is 22.3 Å². The minimum absolute atomic E-state index is 0.907. The first-order valence-corrected chi connectivity index (χ1v) is 18.5. The van der Waals surface area contributed by atoms with Crippen LogP contribution in [-0.4, -0.2) is 0 Å². The van der Waals surface area contributed by atoms with E-state index in [0.717, 1.165) is 49.8 Å². The summed E-state index contributed by atoms with van der Waals surface area (Å²) in [5, 5.41) is 12.2. The van der Waals surface area contributed by atoms with Crippen molar-refractivity contribution in [2.24, 2.45) is 0 Å². The predicted octanol–water partition coefficient (Wildman–Crippen LogP) is 15.0. The number of benzene rings is 10. The molecule has 0 aliphatic carbocycles. The minimum Gasteiger partial charge on any atom is -0.455 e. The number of rotatable bonds is 5. The number of para-hydroxylation sites is 1. The fourth-order valence-corrected chi connectivity index (χ4v) is 8.40. The average Bonchev–Trinajstić information content (AvgIpc) is 3.64. The predicted molar refractivity (Wildman–Crippen MR) is 229 cm³/mol. The first-order valence-electron chi connectivity index (χ1n) is 18.5. The number of furan rings is 1. The summed E-state index contributed by atoms with van der Waals surface area (Å²) in [7, 11) is 0. The molecule has 0 radical (unpaired) electrons. The Kier molecular flexibility index (Phi) is 6.90. The maximum absolute atomic E-state index is 6.50. The minimum atomic E-state index is 0.907. The molecule has 2 nitrogen and oxygen atoms in total. The van der Waals surface area contributed by atoms with Crippen LogP contribution in [0.5, 0.6) is 0 Å². The molecule has 11 rings (SSSR count). The molecule has 0 spiro atoms. The molecule has 1 heterocycles. The van der Waals surface area contributed by atoms with Crippen molar-refractivity contribution in [3.05, 3.63) is 200 Å². The fraction of sp³-hybridized carbons (Fsp3) is 0. The molecule has 0 amide bonds. The van der Waals surface area contributed by atoms with Crippen molar-refractivity contribution in [1.82, 2.24) is 0 Å². The van der Waals surface area contributed by atoms with Crippen molar-refractivity contribution in [1.29, 1.82) is 0 Å². The van der Waals surface area contributed by atoms with Gasteiger partial charge in [0.15, 0.2) is 0 Å². The van der Waals surface area contributed by atoms with Gasteiger partial charge in [-0.15, -0.1) is 0 Å². The first-order chi connectivity index (χ1) is 26.8. The molecular weight excluding hydrogens is 655 g/mol. The van der Waals surface area contributed by atoms with Crippen LogP contribution in [0.3, 0.4) is 0 Å². The molecule has 0 fully saturated rings. The SMILES string of the molecule is c1ccc(-c2ccc(N(c3ccc(-c4ccc5c(ccc6ccc7ccccc7c65)c4)cc3)c3cccc4c3ccc3c5ccccc5oc43)cc2)cc1. The molecule has 0 unspecified atom stereocenters. The highest BCUT2D eigenvalue weighted by Crippen LogP contribution is 2.43. The first kappa shape index (κ1) is 30.5. The Bertz CT molecular complexity index is 3190. The van der Waals surface area contributed by atoms with E-state index in [1.165, 1.54) is 54.6 Å². The van der Waals surface area contributed by atoms with Crippen molar-refractivity contribution in [3.63, 3.8) is 0 Å². The number of hydrogen-bond acceptors (Lipinski definition) is 2. The smallest absolute Gasteiger partial charge is 0.143 e. The van der Waals surface area contributed by atoms with Gasteiger partial charge in [-0.3, -0.25) is 0 Å². The van der Waals surface area contributed by atoms with Crippen molar-refractivity contribution >= 4 is 82.1 Å². The molecule has 0 aliphatic rings. The zero-order chi connectivity index (χ0) is 35.6. The monoisotopic (exact) mass is 687 g/mol. The normalized spacial score (nSPS) is 11.7. The van der Waals surface area contributed by atoms with E-state index in [1.807, 2.05) is 12.1 Å². The van der Waals surface area contributed by atoms with Gasteiger partial charge in [-0.25, -0.2) is 0 Å². The van der Waals surface area contributed by atoms with Crippen LogP contribution in [-0.2, 0) is 0 Å². The van der Waals surface area contributed by atoms with Crippen LogP contribution < -0.4 is 4.90 Å². The average molecular weight is 688 g/mol. The van der Waals surface area contributed by atoms with Gasteiger partial charge in [0.05, 0.1) is 5.69 Å². The number of nitrogens with zero attached hydrogens (tertiary/aromatic N) is 1.